The predicted octanol–water partition coefficient (Wildman–Crippen LogP) is 6.37. The van der Waals surface area contributed by atoms with Gasteiger partial charge in [0.15, 0.2) is 11.9 Å². The van der Waals surface area contributed by atoms with E-state index in [1.54, 1.807) is 0 Å². The maximum Gasteiger partial charge on any atom is 0.216 e. The molecule has 0 unspecified atom stereocenters. The van der Waals surface area contributed by atoms with Gasteiger partial charge in [-0.2, -0.15) is 0 Å². The Labute approximate surface area is 159 Å². The summed E-state index contributed by atoms with van der Waals surface area (Å²) in [4.78, 5) is 3.70. The van der Waals surface area contributed by atoms with Crippen LogP contribution in [0.1, 0.15) is 36.5 Å². The van der Waals surface area contributed by atoms with E-state index >= 15 is 0 Å². The van der Waals surface area contributed by atoms with E-state index in [2.05, 4.69) is 68.6 Å². The largest absolute Gasteiger partial charge is 0.455 e. The molecule has 0 fully saturated rings. The third-order valence-corrected chi connectivity index (χ3v) is 5.31. The molecule has 0 amide bonds. The van der Waals surface area contributed by atoms with Crippen molar-refractivity contribution in [2.45, 2.75) is 33.6 Å². The molecule has 4 rings (SSSR count). The zero-order valence-electron chi connectivity index (χ0n) is 16.4. The molecule has 0 saturated carbocycles. The quantitative estimate of drug-likeness (QED) is 0.302. The van der Waals surface area contributed by atoms with Crippen LogP contribution >= 0.6 is 0 Å². The third-order valence-electron chi connectivity index (χ3n) is 5.31. The zero-order valence-corrected chi connectivity index (χ0v) is 16.4. The summed E-state index contributed by atoms with van der Waals surface area (Å²) >= 11 is 0. The van der Waals surface area contributed by atoms with Crippen molar-refractivity contribution in [1.82, 2.24) is 0 Å². The van der Waals surface area contributed by atoms with Gasteiger partial charge in [-0.15, -0.1) is 0 Å². The monoisotopic (exact) mass is 355 g/mol. The molecule has 0 saturated heterocycles. The van der Waals surface area contributed by atoms with E-state index in [9.17, 15) is 0 Å². The van der Waals surface area contributed by atoms with Gasteiger partial charge in [0.1, 0.15) is 18.2 Å². The van der Waals surface area contributed by atoms with Crippen LogP contribution in [0.2, 0.25) is 0 Å². The van der Waals surface area contributed by atoms with Gasteiger partial charge in [-0.3, -0.25) is 0 Å². The molecule has 0 aliphatic rings. The van der Waals surface area contributed by atoms with Crippen molar-refractivity contribution >= 4 is 27.6 Å². The van der Waals surface area contributed by atoms with E-state index in [1.807, 2.05) is 18.2 Å². The van der Waals surface area contributed by atoms with Crippen molar-refractivity contribution in [3.8, 4) is 11.3 Å². The van der Waals surface area contributed by atoms with Crippen LogP contribution in [-0.2, 0) is 7.05 Å². The summed E-state index contributed by atoms with van der Waals surface area (Å²) in [6.07, 6.45) is 2.06. The van der Waals surface area contributed by atoms with Crippen LogP contribution in [0.3, 0.4) is 0 Å². The van der Waals surface area contributed by atoms with Crippen LogP contribution in [0.25, 0.3) is 38.0 Å². The standard InChI is InChI=1S/C24H23N2O/c1-14(2)18-12-17(25-5)13-19-21-15(3)11-16(4)22(24(21)27-23(18)19)20-9-7-8-10-26(20)6/h7-14H,1-4,6H3/q+1. The Bertz CT molecular complexity index is 1240. The summed E-state index contributed by atoms with van der Waals surface area (Å²) in [6.45, 7) is 16.0. The summed E-state index contributed by atoms with van der Waals surface area (Å²) < 4.78 is 8.65. The average Bonchev–Trinajstić information content (AvgIpc) is 3.01. The Hall–Kier alpha value is -3.12. The topological polar surface area (TPSA) is 21.4 Å². The number of aryl methyl sites for hydroxylation is 3. The number of nitrogens with zero attached hydrogens (tertiary/aromatic N) is 2. The number of benzene rings is 2. The Morgan fingerprint density at radius 2 is 1.81 bits per heavy atom. The van der Waals surface area contributed by atoms with Gasteiger partial charge in [-0.25, -0.2) is 9.41 Å². The molecule has 0 N–H and O–H groups in total. The number of hydrogen-bond donors (Lipinski definition) is 0. The maximum absolute atomic E-state index is 7.50. The van der Waals surface area contributed by atoms with Gasteiger partial charge in [0.25, 0.3) is 0 Å². The van der Waals surface area contributed by atoms with Gasteiger partial charge in [-0.05, 0) is 54.7 Å². The van der Waals surface area contributed by atoms with Gasteiger partial charge in [0.05, 0.1) is 12.1 Å². The van der Waals surface area contributed by atoms with Gasteiger partial charge < -0.3 is 4.42 Å². The minimum Gasteiger partial charge on any atom is -0.455 e. The molecule has 0 bridgehead atoms. The van der Waals surface area contributed by atoms with Gasteiger partial charge >= 0.3 is 0 Å². The highest BCUT2D eigenvalue weighted by atomic mass is 16.3. The lowest BCUT2D eigenvalue weighted by Crippen LogP contribution is -2.30. The molecule has 3 nitrogen and oxygen atoms in total. The van der Waals surface area contributed by atoms with Crippen molar-refractivity contribution in [3.05, 3.63) is 70.7 Å². The van der Waals surface area contributed by atoms with Gasteiger partial charge in [0.2, 0.25) is 5.69 Å². The van der Waals surface area contributed by atoms with Crippen molar-refractivity contribution in [2.24, 2.45) is 7.05 Å². The molecule has 27 heavy (non-hydrogen) atoms. The minimum absolute atomic E-state index is 0.285. The highest BCUT2D eigenvalue weighted by Gasteiger charge is 2.23. The van der Waals surface area contributed by atoms with Crippen LogP contribution in [0.15, 0.2) is 47.0 Å². The number of aromatic nitrogens is 1. The molecule has 2 aromatic heterocycles. The molecule has 0 spiro atoms. The van der Waals surface area contributed by atoms with Crippen LogP contribution in [-0.4, -0.2) is 0 Å². The minimum atomic E-state index is 0.285. The predicted molar refractivity (Wildman–Crippen MR) is 110 cm³/mol. The van der Waals surface area contributed by atoms with Crippen LogP contribution in [0, 0.1) is 20.4 Å². The Morgan fingerprint density at radius 1 is 1.04 bits per heavy atom. The molecule has 3 heteroatoms. The number of furan rings is 1. The van der Waals surface area contributed by atoms with Gasteiger partial charge in [-0.1, -0.05) is 19.9 Å². The summed E-state index contributed by atoms with van der Waals surface area (Å²) in [5.41, 5.74) is 8.19. The summed E-state index contributed by atoms with van der Waals surface area (Å²) in [6, 6.07) is 12.4. The first-order valence-electron chi connectivity index (χ1n) is 9.25. The number of pyridine rings is 1. The van der Waals surface area contributed by atoms with E-state index in [0.29, 0.717) is 5.69 Å². The van der Waals surface area contributed by atoms with E-state index in [1.165, 1.54) is 11.1 Å². The number of fused-ring (bicyclic) bond motifs is 3. The van der Waals surface area contributed by atoms with Crippen molar-refractivity contribution in [1.29, 1.82) is 0 Å². The zero-order chi connectivity index (χ0) is 19.3. The number of rotatable bonds is 2. The highest BCUT2D eigenvalue weighted by Crippen LogP contribution is 2.42. The van der Waals surface area contributed by atoms with E-state index in [0.717, 1.165) is 38.8 Å². The SMILES string of the molecule is [C-]#[N+]c1cc(C(C)C)c2oc3c(-c4cccc[n+]4C)c(C)cc(C)c3c2c1. The average molecular weight is 355 g/mol. The fourth-order valence-corrected chi connectivity index (χ4v) is 4.02. The molecule has 2 heterocycles. The maximum atomic E-state index is 7.50. The van der Waals surface area contributed by atoms with E-state index < -0.39 is 0 Å². The molecular weight excluding hydrogens is 332 g/mol. The Balaban J connectivity index is 2.23. The normalized spacial score (nSPS) is 11.4. The summed E-state index contributed by atoms with van der Waals surface area (Å²) in [7, 11) is 2.06. The first kappa shape index (κ1) is 17.3. The molecule has 0 atom stereocenters. The molecular formula is C24H23N2O+. The van der Waals surface area contributed by atoms with Crippen molar-refractivity contribution in [2.75, 3.05) is 0 Å². The molecule has 134 valence electrons. The summed E-state index contributed by atoms with van der Waals surface area (Å²) in [5, 5.41) is 2.15. The fourth-order valence-electron chi connectivity index (χ4n) is 4.02. The lowest BCUT2D eigenvalue weighted by atomic mass is 9.95. The summed E-state index contributed by atoms with van der Waals surface area (Å²) in [5.74, 6) is 0.285. The van der Waals surface area contributed by atoms with Crippen LogP contribution < -0.4 is 4.57 Å². The molecule has 2 aromatic carbocycles. The third kappa shape index (κ3) is 2.61. The van der Waals surface area contributed by atoms with Crippen molar-refractivity contribution < 1.29 is 8.98 Å². The Kier molecular flexibility index (Phi) is 4.00. The molecule has 0 radical (unpaired) electrons. The van der Waals surface area contributed by atoms with Crippen LogP contribution in [0.5, 0.6) is 0 Å². The molecule has 4 aromatic rings. The first-order valence-corrected chi connectivity index (χ1v) is 9.25. The van der Waals surface area contributed by atoms with E-state index in [-0.39, 0.29) is 5.92 Å². The van der Waals surface area contributed by atoms with Crippen molar-refractivity contribution in [3.63, 3.8) is 0 Å². The lowest BCUT2D eigenvalue weighted by molar-refractivity contribution is -0.660. The number of hydrogen-bond acceptors (Lipinski definition) is 1. The Morgan fingerprint density at radius 3 is 2.48 bits per heavy atom. The molecule has 0 aliphatic heterocycles. The second-order valence-corrected chi connectivity index (χ2v) is 7.57. The van der Waals surface area contributed by atoms with Gasteiger partial charge in [0, 0.05) is 22.9 Å². The smallest absolute Gasteiger partial charge is 0.216 e. The molecule has 0 aliphatic carbocycles. The second-order valence-electron chi connectivity index (χ2n) is 7.57. The fraction of sp³-hybridized carbons (Fsp3) is 0.250. The second kappa shape index (κ2) is 6.25. The van der Waals surface area contributed by atoms with E-state index in [4.69, 9.17) is 11.0 Å². The van der Waals surface area contributed by atoms with Crippen LogP contribution in [0.4, 0.5) is 5.69 Å². The first-order chi connectivity index (χ1) is 12.9. The highest BCUT2D eigenvalue weighted by molar-refractivity contribution is 6.13. The lowest BCUT2D eigenvalue weighted by Gasteiger charge is -2.07.